The Bertz CT molecular complexity index is 946. The minimum Gasteiger partial charge on any atom is -0.377 e. The van der Waals surface area contributed by atoms with Crippen molar-refractivity contribution in [2.24, 2.45) is 0 Å². The van der Waals surface area contributed by atoms with Crippen molar-refractivity contribution in [2.45, 2.75) is 46.1 Å². The molecule has 4 nitrogen and oxygen atoms in total. The Morgan fingerprint density at radius 2 is 1.91 bits per heavy atom. The molecule has 4 heteroatoms. The second-order valence-corrected chi connectivity index (χ2v) is 8.85. The van der Waals surface area contributed by atoms with E-state index in [0.29, 0.717) is 13.0 Å². The van der Waals surface area contributed by atoms with E-state index in [0.717, 1.165) is 38.0 Å². The van der Waals surface area contributed by atoms with E-state index >= 15 is 0 Å². The standard InChI is InChI=1S/C28H38N2O2/c1-6-28(32-5)25-18-23-13-12-22(16-24(23)19-25)17-26(31)20-30(7-2)15-14-29(4)27-11-9-8-10-21(27)3/h8-13,16,18,28H,6-7,14-15,17,19-20H2,1-5H3. The van der Waals surface area contributed by atoms with Gasteiger partial charge in [-0.3, -0.25) is 9.69 Å². The smallest absolute Gasteiger partial charge is 0.151 e. The first-order valence-electron chi connectivity index (χ1n) is 11.8. The fraction of sp³-hybridized carbons (Fsp3) is 0.464. The van der Waals surface area contributed by atoms with E-state index in [9.17, 15) is 4.79 Å². The summed E-state index contributed by atoms with van der Waals surface area (Å²) >= 11 is 0. The van der Waals surface area contributed by atoms with E-state index in [-0.39, 0.29) is 11.9 Å². The maximum absolute atomic E-state index is 12.8. The van der Waals surface area contributed by atoms with Crippen molar-refractivity contribution in [1.82, 2.24) is 4.90 Å². The fourth-order valence-electron chi connectivity index (χ4n) is 4.61. The summed E-state index contributed by atoms with van der Waals surface area (Å²) < 4.78 is 5.61. The molecule has 0 heterocycles. The third kappa shape index (κ3) is 6.08. The van der Waals surface area contributed by atoms with Crippen LogP contribution >= 0.6 is 0 Å². The summed E-state index contributed by atoms with van der Waals surface area (Å²) in [5.74, 6) is 0.278. The van der Waals surface area contributed by atoms with Gasteiger partial charge in [0.1, 0.15) is 0 Å². The first kappa shape index (κ1) is 24.2. The highest BCUT2D eigenvalue weighted by molar-refractivity contribution is 5.83. The van der Waals surface area contributed by atoms with Gasteiger partial charge in [0, 0.05) is 39.4 Å². The van der Waals surface area contributed by atoms with Crippen molar-refractivity contribution < 1.29 is 9.53 Å². The zero-order valence-corrected chi connectivity index (χ0v) is 20.4. The molecular weight excluding hydrogens is 396 g/mol. The Hall–Kier alpha value is -2.43. The summed E-state index contributed by atoms with van der Waals surface area (Å²) in [5, 5.41) is 0. The molecule has 0 aromatic heterocycles. The predicted molar refractivity (Wildman–Crippen MR) is 134 cm³/mol. The zero-order chi connectivity index (χ0) is 23.1. The van der Waals surface area contributed by atoms with Gasteiger partial charge in [0.15, 0.2) is 5.78 Å². The van der Waals surface area contributed by atoms with Gasteiger partial charge in [0.2, 0.25) is 0 Å². The molecule has 1 atom stereocenters. The Balaban J connectivity index is 1.52. The number of ether oxygens (including phenoxy) is 1. The molecule has 2 aromatic rings. The second kappa shape index (κ2) is 11.4. The molecule has 0 radical (unpaired) electrons. The SMILES string of the molecule is CCC(OC)C1=Cc2ccc(CC(=O)CN(CC)CCN(C)c3ccccc3C)cc2C1. The lowest BCUT2D eigenvalue weighted by molar-refractivity contribution is -0.119. The number of carbonyl (C=O) groups excluding carboxylic acids is 1. The minimum atomic E-state index is 0.184. The van der Waals surface area contributed by atoms with Crippen molar-refractivity contribution in [1.29, 1.82) is 0 Å². The van der Waals surface area contributed by atoms with Crippen LogP contribution in [-0.2, 0) is 22.4 Å². The summed E-state index contributed by atoms with van der Waals surface area (Å²) in [6, 6.07) is 14.9. The molecule has 172 valence electrons. The average Bonchev–Trinajstić information content (AvgIpc) is 3.20. The maximum atomic E-state index is 12.8. The maximum Gasteiger partial charge on any atom is 0.151 e. The molecule has 0 aliphatic heterocycles. The molecule has 0 saturated heterocycles. The van der Waals surface area contributed by atoms with E-state index in [4.69, 9.17) is 4.74 Å². The highest BCUT2D eigenvalue weighted by atomic mass is 16.5. The van der Waals surface area contributed by atoms with Gasteiger partial charge in [-0.05, 0) is 60.2 Å². The third-order valence-electron chi connectivity index (χ3n) is 6.54. The number of anilines is 1. The number of para-hydroxylation sites is 1. The predicted octanol–water partition coefficient (Wildman–Crippen LogP) is 4.93. The first-order chi connectivity index (χ1) is 15.4. The van der Waals surface area contributed by atoms with Gasteiger partial charge < -0.3 is 9.64 Å². The summed E-state index contributed by atoms with van der Waals surface area (Å²) in [7, 11) is 3.90. The molecule has 32 heavy (non-hydrogen) atoms. The number of hydrogen-bond donors (Lipinski definition) is 0. The Labute approximate surface area is 193 Å². The van der Waals surface area contributed by atoms with Gasteiger partial charge in [0.25, 0.3) is 0 Å². The van der Waals surface area contributed by atoms with Gasteiger partial charge >= 0.3 is 0 Å². The van der Waals surface area contributed by atoms with Gasteiger partial charge in [-0.25, -0.2) is 0 Å². The van der Waals surface area contributed by atoms with Gasteiger partial charge in [-0.1, -0.05) is 56.3 Å². The summed E-state index contributed by atoms with van der Waals surface area (Å²) in [6.07, 6.45) is 4.84. The summed E-state index contributed by atoms with van der Waals surface area (Å²) in [5.41, 5.74) is 7.55. The quantitative estimate of drug-likeness (QED) is 0.474. The number of fused-ring (bicyclic) bond motifs is 1. The molecule has 3 rings (SSSR count). The van der Waals surface area contributed by atoms with Crippen molar-refractivity contribution in [3.8, 4) is 0 Å². The number of benzene rings is 2. The normalized spacial score (nSPS) is 13.8. The van der Waals surface area contributed by atoms with Crippen LogP contribution in [0.5, 0.6) is 0 Å². The van der Waals surface area contributed by atoms with Crippen LogP contribution in [0.1, 0.15) is 42.5 Å². The van der Waals surface area contributed by atoms with Crippen LogP contribution in [0.15, 0.2) is 48.0 Å². The second-order valence-electron chi connectivity index (χ2n) is 8.85. The zero-order valence-electron chi connectivity index (χ0n) is 20.4. The van der Waals surface area contributed by atoms with Crippen LogP contribution in [0.25, 0.3) is 6.08 Å². The van der Waals surface area contributed by atoms with Gasteiger partial charge in [-0.2, -0.15) is 0 Å². The molecule has 1 aliphatic rings. The third-order valence-corrected chi connectivity index (χ3v) is 6.54. The number of aryl methyl sites for hydroxylation is 1. The molecule has 0 N–H and O–H groups in total. The number of methoxy groups -OCH3 is 1. The fourth-order valence-corrected chi connectivity index (χ4v) is 4.61. The Kier molecular flexibility index (Phi) is 8.66. The topological polar surface area (TPSA) is 32.8 Å². The Morgan fingerprint density at radius 1 is 1.12 bits per heavy atom. The van der Waals surface area contributed by atoms with E-state index in [1.807, 2.05) is 0 Å². The molecule has 0 fully saturated rings. The molecular formula is C28H38N2O2. The number of carbonyl (C=O) groups is 1. The lowest BCUT2D eigenvalue weighted by atomic mass is 10.0. The largest absolute Gasteiger partial charge is 0.377 e. The van der Waals surface area contributed by atoms with Crippen LogP contribution in [0.4, 0.5) is 5.69 Å². The van der Waals surface area contributed by atoms with Crippen molar-refractivity contribution in [3.05, 3.63) is 70.3 Å². The number of likely N-dealkylation sites (N-methyl/N-ethyl adjacent to an activating group) is 2. The molecule has 1 aliphatic carbocycles. The van der Waals surface area contributed by atoms with Crippen LogP contribution in [0, 0.1) is 6.92 Å². The van der Waals surface area contributed by atoms with Crippen LogP contribution in [0.3, 0.4) is 0 Å². The van der Waals surface area contributed by atoms with Crippen molar-refractivity contribution >= 4 is 17.5 Å². The van der Waals surface area contributed by atoms with Crippen LogP contribution < -0.4 is 4.90 Å². The molecule has 0 spiro atoms. The van der Waals surface area contributed by atoms with E-state index < -0.39 is 0 Å². The van der Waals surface area contributed by atoms with Gasteiger partial charge in [0.05, 0.1) is 12.6 Å². The average molecular weight is 435 g/mol. The van der Waals surface area contributed by atoms with Crippen LogP contribution in [0.2, 0.25) is 0 Å². The van der Waals surface area contributed by atoms with E-state index in [1.54, 1.807) is 7.11 Å². The number of rotatable bonds is 12. The number of ketones is 1. The lowest BCUT2D eigenvalue weighted by Gasteiger charge is -2.26. The molecule has 0 bridgehead atoms. The minimum absolute atomic E-state index is 0.184. The highest BCUT2D eigenvalue weighted by Gasteiger charge is 2.20. The van der Waals surface area contributed by atoms with E-state index in [1.165, 1.54) is 28.0 Å². The monoisotopic (exact) mass is 434 g/mol. The molecule has 1 unspecified atom stereocenters. The summed E-state index contributed by atoms with van der Waals surface area (Å²) in [4.78, 5) is 17.3. The highest BCUT2D eigenvalue weighted by Crippen LogP contribution is 2.30. The molecule has 0 saturated carbocycles. The van der Waals surface area contributed by atoms with Crippen molar-refractivity contribution in [3.63, 3.8) is 0 Å². The number of hydrogen-bond acceptors (Lipinski definition) is 4. The summed E-state index contributed by atoms with van der Waals surface area (Å²) in [6.45, 7) is 9.57. The first-order valence-corrected chi connectivity index (χ1v) is 11.8. The number of nitrogens with zero attached hydrogens (tertiary/aromatic N) is 2. The van der Waals surface area contributed by atoms with E-state index in [2.05, 4.69) is 86.2 Å². The number of Topliss-reactive ketones (excluding diaryl/α,β-unsaturated/α-hetero) is 1. The van der Waals surface area contributed by atoms with Crippen LogP contribution in [-0.4, -0.2) is 57.1 Å². The lowest BCUT2D eigenvalue weighted by Crippen LogP contribution is -2.37. The Morgan fingerprint density at radius 3 is 2.59 bits per heavy atom. The van der Waals surface area contributed by atoms with Crippen molar-refractivity contribution in [2.75, 3.05) is 45.2 Å². The molecule has 0 amide bonds. The van der Waals surface area contributed by atoms with Gasteiger partial charge in [-0.15, -0.1) is 0 Å². The molecule has 2 aromatic carbocycles.